The molecule has 1 atom stereocenters. The van der Waals surface area contributed by atoms with E-state index in [0.717, 1.165) is 17.0 Å². The molecule has 0 saturated carbocycles. The number of aromatic nitrogens is 2. The Kier molecular flexibility index (Phi) is 8.37. The zero-order valence-corrected chi connectivity index (χ0v) is 20.3. The highest BCUT2D eigenvalue weighted by Crippen LogP contribution is 2.37. The number of nitrogens with one attached hydrogen (secondary N) is 2. The van der Waals surface area contributed by atoms with Gasteiger partial charge in [0.25, 0.3) is 0 Å². The van der Waals surface area contributed by atoms with Crippen LogP contribution in [0.25, 0.3) is 0 Å². The first-order valence-corrected chi connectivity index (χ1v) is 12.0. The van der Waals surface area contributed by atoms with E-state index in [4.69, 9.17) is 20.6 Å². The first-order chi connectivity index (χ1) is 15.4. The molecule has 0 saturated heterocycles. The van der Waals surface area contributed by atoms with Gasteiger partial charge in [0.2, 0.25) is 12.3 Å². The van der Waals surface area contributed by atoms with E-state index in [1.807, 2.05) is 13.8 Å². The molecule has 1 aromatic heterocycles. The van der Waals surface area contributed by atoms with Gasteiger partial charge in [0, 0.05) is 17.2 Å². The van der Waals surface area contributed by atoms with Crippen molar-refractivity contribution in [2.75, 3.05) is 24.8 Å². The Bertz CT molecular complexity index is 1120. The number of anilines is 1. The number of aryl methyl sites for hydroxylation is 2. The summed E-state index contributed by atoms with van der Waals surface area (Å²) in [4.78, 5) is 18.8. The number of nitrogens with two attached hydrogens (primary N) is 1. The first kappa shape index (κ1) is 26.0. The molecule has 1 unspecified atom stereocenters. The number of ether oxygens (including phenoxy) is 2. The summed E-state index contributed by atoms with van der Waals surface area (Å²) >= 11 is 0. The van der Waals surface area contributed by atoms with Gasteiger partial charge in [-0.05, 0) is 52.3 Å². The number of amidine groups is 1. The fourth-order valence-electron chi connectivity index (χ4n) is 3.06. The summed E-state index contributed by atoms with van der Waals surface area (Å²) in [6, 6.07) is 5.14. The molecular weight excluding hydrogens is 446 g/mol. The van der Waals surface area contributed by atoms with Crippen LogP contribution in [0.3, 0.4) is 0 Å². The number of methoxy groups -OCH3 is 1. The smallest absolute Gasteiger partial charge is 0.232 e. The van der Waals surface area contributed by atoms with Gasteiger partial charge in [-0.3, -0.25) is 15.2 Å². The standard InChI is InChI=1S/C15H21N3O4S.C7H10N2O/c1-15(2,14(16)17)23(20,21)8-10-5-6-22-13-4-3-11(18-9-19)7-12(10)13;1-5-6(2)9-7(10-3)4-8-5/h3-4,7,9-10H,5-6,8H2,1-2H3,(H3,16,17)(H,18,19);4H,1-3H3. The fourth-order valence-corrected chi connectivity index (χ4v) is 4.68. The fraction of sp³-hybridized carbons (Fsp3) is 0.455. The predicted molar refractivity (Wildman–Crippen MR) is 127 cm³/mol. The SMILES string of the molecule is CC(C)(C(=N)N)S(=O)(=O)CC1CCOc2ccc(NC=O)cc21.COc1cnc(C)c(C)n1. The van der Waals surface area contributed by atoms with Gasteiger partial charge in [-0.15, -0.1) is 0 Å². The summed E-state index contributed by atoms with van der Waals surface area (Å²) in [5, 5.41) is 10.1. The molecule has 10 nitrogen and oxygen atoms in total. The molecule has 1 amide bonds. The maximum absolute atomic E-state index is 12.6. The number of carbonyl (C=O) groups is 1. The van der Waals surface area contributed by atoms with Crippen LogP contribution in [0.4, 0.5) is 5.69 Å². The van der Waals surface area contributed by atoms with E-state index in [1.165, 1.54) is 13.8 Å². The van der Waals surface area contributed by atoms with Crippen LogP contribution in [0.5, 0.6) is 11.6 Å². The molecule has 3 rings (SSSR count). The van der Waals surface area contributed by atoms with Crippen LogP contribution in [0.1, 0.15) is 43.1 Å². The number of hydrogen-bond acceptors (Lipinski definition) is 8. The molecule has 1 aromatic carbocycles. The predicted octanol–water partition coefficient (Wildman–Crippen LogP) is 2.35. The van der Waals surface area contributed by atoms with E-state index in [9.17, 15) is 13.2 Å². The van der Waals surface area contributed by atoms with Crippen LogP contribution in [0.15, 0.2) is 24.4 Å². The van der Waals surface area contributed by atoms with E-state index < -0.39 is 14.6 Å². The van der Waals surface area contributed by atoms with Crippen molar-refractivity contribution >= 4 is 27.8 Å². The van der Waals surface area contributed by atoms with E-state index in [1.54, 1.807) is 31.5 Å². The van der Waals surface area contributed by atoms with Gasteiger partial charge in [0.05, 0.1) is 37.1 Å². The van der Waals surface area contributed by atoms with Crippen molar-refractivity contribution in [1.82, 2.24) is 9.97 Å². The zero-order chi connectivity index (χ0) is 24.8. The molecule has 180 valence electrons. The summed E-state index contributed by atoms with van der Waals surface area (Å²) in [6.07, 6.45) is 2.73. The molecule has 0 aliphatic carbocycles. The van der Waals surface area contributed by atoms with Gasteiger partial charge < -0.3 is 20.5 Å². The summed E-state index contributed by atoms with van der Waals surface area (Å²) in [5.41, 5.74) is 8.63. The second kappa shape index (κ2) is 10.6. The third-order valence-electron chi connectivity index (χ3n) is 5.63. The highest BCUT2D eigenvalue weighted by molar-refractivity contribution is 7.93. The maximum atomic E-state index is 12.6. The lowest BCUT2D eigenvalue weighted by Crippen LogP contribution is -2.47. The van der Waals surface area contributed by atoms with Crippen LogP contribution in [-0.4, -0.2) is 54.8 Å². The maximum Gasteiger partial charge on any atom is 0.232 e. The average molecular weight is 478 g/mol. The third kappa shape index (κ3) is 6.19. The first-order valence-electron chi connectivity index (χ1n) is 10.3. The molecule has 4 N–H and O–H groups in total. The van der Waals surface area contributed by atoms with Gasteiger partial charge in [-0.2, -0.15) is 0 Å². The number of benzene rings is 1. The van der Waals surface area contributed by atoms with Crippen molar-refractivity contribution in [1.29, 1.82) is 5.41 Å². The average Bonchev–Trinajstić information content (AvgIpc) is 2.76. The van der Waals surface area contributed by atoms with Gasteiger partial charge in [-0.1, -0.05) is 0 Å². The van der Waals surface area contributed by atoms with Crippen molar-refractivity contribution in [3.63, 3.8) is 0 Å². The van der Waals surface area contributed by atoms with Crippen LogP contribution in [0, 0.1) is 19.3 Å². The van der Waals surface area contributed by atoms with Gasteiger partial charge in [0.15, 0.2) is 9.84 Å². The molecular formula is C22H31N5O5S. The summed E-state index contributed by atoms with van der Waals surface area (Å²) < 4.78 is 34.3. The van der Waals surface area contributed by atoms with Crippen LogP contribution in [-0.2, 0) is 14.6 Å². The van der Waals surface area contributed by atoms with E-state index in [0.29, 0.717) is 36.8 Å². The molecule has 0 fully saturated rings. The monoisotopic (exact) mass is 477 g/mol. The largest absolute Gasteiger partial charge is 0.493 e. The minimum absolute atomic E-state index is 0.125. The number of nitrogens with zero attached hydrogens (tertiary/aromatic N) is 2. The van der Waals surface area contributed by atoms with Crippen LogP contribution >= 0.6 is 0 Å². The lowest BCUT2D eigenvalue weighted by atomic mass is 9.94. The topological polar surface area (TPSA) is 157 Å². The van der Waals surface area contributed by atoms with Gasteiger partial charge in [-0.25, -0.2) is 13.4 Å². The van der Waals surface area contributed by atoms with Crippen molar-refractivity contribution in [2.24, 2.45) is 5.73 Å². The molecule has 0 spiro atoms. The normalized spacial score (nSPS) is 15.2. The quantitative estimate of drug-likeness (QED) is 0.311. The van der Waals surface area contributed by atoms with Gasteiger partial charge >= 0.3 is 0 Å². The number of carbonyl (C=O) groups excluding carboxylic acids is 1. The Morgan fingerprint density at radius 2 is 2.06 bits per heavy atom. The molecule has 2 aromatic rings. The third-order valence-corrected chi connectivity index (χ3v) is 8.24. The van der Waals surface area contributed by atoms with Crippen molar-refractivity contribution in [3.05, 3.63) is 41.3 Å². The molecule has 11 heteroatoms. The molecule has 0 bridgehead atoms. The Balaban J connectivity index is 0.000000321. The second-order valence-electron chi connectivity index (χ2n) is 8.14. The lowest BCUT2D eigenvalue weighted by Gasteiger charge is -2.30. The molecule has 33 heavy (non-hydrogen) atoms. The zero-order valence-electron chi connectivity index (χ0n) is 19.5. The van der Waals surface area contributed by atoms with E-state index in [2.05, 4.69) is 15.3 Å². The Morgan fingerprint density at radius 1 is 1.36 bits per heavy atom. The highest BCUT2D eigenvalue weighted by Gasteiger charge is 2.40. The number of rotatable bonds is 7. The van der Waals surface area contributed by atoms with Crippen molar-refractivity contribution < 1.29 is 22.7 Å². The highest BCUT2D eigenvalue weighted by atomic mass is 32.2. The molecule has 1 aliphatic rings. The number of amides is 1. The van der Waals surface area contributed by atoms with Gasteiger partial charge in [0.1, 0.15) is 16.3 Å². The Hall–Kier alpha value is -3.21. The number of fused-ring (bicyclic) bond motifs is 1. The Morgan fingerprint density at radius 3 is 2.64 bits per heavy atom. The summed E-state index contributed by atoms with van der Waals surface area (Å²) in [6.45, 7) is 7.13. The minimum atomic E-state index is -3.62. The van der Waals surface area contributed by atoms with E-state index >= 15 is 0 Å². The van der Waals surface area contributed by atoms with Crippen LogP contribution < -0.4 is 20.5 Å². The summed E-state index contributed by atoms with van der Waals surface area (Å²) in [7, 11) is -2.04. The van der Waals surface area contributed by atoms with Crippen molar-refractivity contribution in [3.8, 4) is 11.6 Å². The van der Waals surface area contributed by atoms with Crippen molar-refractivity contribution in [2.45, 2.75) is 44.8 Å². The minimum Gasteiger partial charge on any atom is -0.493 e. The molecule has 2 heterocycles. The second-order valence-corrected chi connectivity index (χ2v) is 10.7. The lowest BCUT2D eigenvalue weighted by molar-refractivity contribution is -0.105. The molecule has 1 aliphatic heterocycles. The van der Waals surface area contributed by atoms with Crippen LogP contribution in [0.2, 0.25) is 0 Å². The number of sulfone groups is 1. The Labute approximate surface area is 194 Å². The number of hydrogen-bond donors (Lipinski definition) is 3. The molecule has 0 radical (unpaired) electrons. The van der Waals surface area contributed by atoms with E-state index in [-0.39, 0.29) is 17.5 Å². The summed E-state index contributed by atoms with van der Waals surface area (Å²) in [5.74, 6) is 0.425.